The van der Waals surface area contributed by atoms with Gasteiger partial charge in [-0.25, -0.2) is 13.2 Å². The van der Waals surface area contributed by atoms with Crippen LogP contribution in [-0.2, 0) is 16.6 Å². The fourth-order valence-corrected chi connectivity index (χ4v) is 2.79. The molecular weight excluding hydrogens is 275 g/mol. The Morgan fingerprint density at radius 2 is 1.63 bits per heavy atom. The summed E-state index contributed by atoms with van der Waals surface area (Å²) in [5, 5.41) is 0. The minimum Gasteiger partial charge on any atom is -0.398 e. The fourth-order valence-electron chi connectivity index (χ4n) is 1.57. The van der Waals surface area contributed by atoms with E-state index in [0.717, 1.165) is 24.3 Å². The lowest BCUT2D eigenvalue weighted by Gasteiger charge is -2.07. The predicted octanol–water partition coefficient (Wildman–Crippen LogP) is 2.99. The average molecular weight is 285 g/mol. The number of anilines is 1. The largest absolute Gasteiger partial charge is 0.398 e. The molecule has 0 heterocycles. The van der Waals surface area contributed by atoms with Crippen LogP contribution in [0, 0.1) is 17.5 Å². The Morgan fingerprint density at radius 1 is 1.00 bits per heavy atom. The summed E-state index contributed by atoms with van der Waals surface area (Å²) in [6, 6.07) is 6.34. The summed E-state index contributed by atoms with van der Waals surface area (Å²) in [6.07, 6.45) is 0. The van der Waals surface area contributed by atoms with E-state index < -0.39 is 28.3 Å². The summed E-state index contributed by atoms with van der Waals surface area (Å²) in [5.74, 6) is -2.16. The van der Waals surface area contributed by atoms with Gasteiger partial charge in [-0.05, 0) is 42.0 Å². The second-order valence-corrected chi connectivity index (χ2v) is 5.33. The minimum atomic E-state index is -1.84. The zero-order chi connectivity index (χ0) is 14.0. The minimum absolute atomic E-state index is 0.177. The fraction of sp³-hybridized carbons (Fsp3) is 0.0769. The number of hydrogen-bond donors (Lipinski definition) is 1. The second-order valence-electron chi connectivity index (χ2n) is 3.91. The van der Waals surface area contributed by atoms with Crippen molar-refractivity contribution < 1.29 is 17.4 Å². The SMILES string of the molecule is Nc1ccc(F)cc1CS(=O)c1cc(F)ccc1F. The lowest BCUT2D eigenvalue weighted by Crippen LogP contribution is -2.03. The van der Waals surface area contributed by atoms with Gasteiger partial charge in [0.05, 0.1) is 21.4 Å². The van der Waals surface area contributed by atoms with Gasteiger partial charge in [0, 0.05) is 5.69 Å². The maximum atomic E-state index is 13.4. The molecule has 0 radical (unpaired) electrons. The van der Waals surface area contributed by atoms with Gasteiger partial charge < -0.3 is 5.73 Å². The van der Waals surface area contributed by atoms with E-state index in [9.17, 15) is 17.4 Å². The summed E-state index contributed by atoms with van der Waals surface area (Å²) in [7, 11) is -1.84. The standard InChI is InChI=1S/C13H10F3NOS/c14-9-2-4-12(17)8(5-9)7-19(18)13-6-10(15)1-3-11(13)16/h1-6H,7,17H2. The molecule has 2 rings (SSSR count). The van der Waals surface area contributed by atoms with E-state index in [1.807, 2.05) is 0 Å². The van der Waals surface area contributed by atoms with Crippen LogP contribution in [-0.4, -0.2) is 4.21 Å². The van der Waals surface area contributed by atoms with Crippen LogP contribution in [0.3, 0.4) is 0 Å². The van der Waals surface area contributed by atoms with Crippen LogP contribution in [0.25, 0.3) is 0 Å². The van der Waals surface area contributed by atoms with Gasteiger partial charge in [0.15, 0.2) is 0 Å². The van der Waals surface area contributed by atoms with E-state index in [1.54, 1.807) is 0 Å². The van der Waals surface area contributed by atoms with Crippen LogP contribution in [0.15, 0.2) is 41.3 Å². The second kappa shape index (κ2) is 5.44. The van der Waals surface area contributed by atoms with Crippen molar-refractivity contribution in [2.45, 2.75) is 10.6 Å². The van der Waals surface area contributed by atoms with Gasteiger partial charge in [0.1, 0.15) is 17.5 Å². The zero-order valence-corrected chi connectivity index (χ0v) is 10.5. The number of halogens is 3. The third kappa shape index (κ3) is 3.14. The van der Waals surface area contributed by atoms with Gasteiger partial charge in [-0.3, -0.25) is 4.21 Å². The highest BCUT2D eigenvalue weighted by Gasteiger charge is 2.13. The van der Waals surface area contributed by atoms with Gasteiger partial charge >= 0.3 is 0 Å². The highest BCUT2D eigenvalue weighted by molar-refractivity contribution is 7.84. The number of rotatable bonds is 3. The van der Waals surface area contributed by atoms with E-state index >= 15 is 0 Å². The Hall–Kier alpha value is -1.82. The molecule has 0 saturated carbocycles. The lowest BCUT2D eigenvalue weighted by molar-refractivity contribution is 0.572. The Balaban J connectivity index is 2.30. The number of nitrogens with two attached hydrogens (primary N) is 1. The summed E-state index contributed by atoms with van der Waals surface area (Å²) in [4.78, 5) is -0.260. The van der Waals surface area contributed by atoms with Crippen molar-refractivity contribution in [3.05, 3.63) is 59.4 Å². The van der Waals surface area contributed by atoms with Gasteiger partial charge in [-0.15, -0.1) is 0 Å². The Labute approximate surface area is 110 Å². The van der Waals surface area contributed by atoms with Crippen molar-refractivity contribution in [3.8, 4) is 0 Å². The molecule has 0 aromatic heterocycles. The molecule has 2 N–H and O–H groups in total. The predicted molar refractivity (Wildman–Crippen MR) is 67.3 cm³/mol. The number of benzene rings is 2. The first-order valence-corrected chi connectivity index (χ1v) is 6.66. The monoisotopic (exact) mass is 285 g/mol. The maximum Gasteiger partial charge on any atom is 0.139 e. The van der Waals surface area contributed by atoms with Crippen LogP contribution in [0.4, 0.5) is 18.9 Å². The van der Waals surface area contributed by atoms with Gasteiger partial charge in [0.25, 0.3) is 0 Å². The molecule has 19 heavy (non-hydrogen) atoms. The van der Waals surface area contributed by atoms with E-state index in [2.05, 4.69) is 0 Å². The van der Waals surface area contributed by atoms with Crippen molar-refractivity contribution in [2.24, 2.45) is 0 Å². The summed E-state index contributed by atoms with van der Waals surface area (Å²) in [6.45, 7) is 0. The molecular formula is C13H10F3NOS. The first kappa shape index (κ1) is 13.6. The molecule has 0 amide bonds. The van der Waals surface area contributed by atoms with E-state index in [0.29, 0.717) is 5.56 Å². The molecule has 2 aromatic carbocycles. The molecule has 1 atom stereocenters. The molecule has 2 nitrogen and oxygen atoms in total. The normalized spacial score (nSPS) is 12.4. The molecule has 0 aliphatic carbocycles. The Bertz CT molecular complexity index is 646. The molecule has 0 bridgehead atoms. The van der Waals surface area contributed by atoms with Crippen LogP contribution in [0.2, 0.25) is 0 Å². The summed E-state index contributed by atoms with van der Waals surface area (Å²) < 4.78 is 51.5. The first-order valence-electron chi connectivity index (χ1n) is 5.34. The van der Waals surface area contributed by atoms with Gasteiger partial charge in [-0.1, -0.05) is 0 Å². The molecule has 0 spiro atoms. The topological polar surface area (TPSA) is 43.1 Å². The van der Waals surface area contributed by atoms with Crippen molar-refractivity contribution in [1.29, 1.82) is 0 Å². The molecule has 0 saturated heterocycles. The Morgan fingerprint density at radius 3 is 2.37 bits per heavy atom. The molecule has 100 valence electrons. The molecule has 0 aliphatic heterocycles. The Kier molecular flexibility index (Phi) is 3.90. The quantitative estimate of drug-likeness (QED) is 0.881. The van der Waals surface area contributed by atoms with Crippen molar-refractivity contribution in [2.75, 3.05) is 5.73 Å². The molecule has 2 aromatic rings. The summed E-state index contributed by atoms with van der Waals surface area (Å²) in [5.41, 5.74) is 6.16. The molecule has 0 aliphatic rings. The van der Waals surface area contributed by atoms with E-state index in [-0.39, 0.29) is 16.3 Å². The van der Waals surface area contributed by atoms with Crippen LogP contribution in [0.5, 0.6) is 0 Å². The van der Waals surface area contributed by atoms with Gasteiger partial charge in [-0.2, -0.15) is 0 Å². The van der Waals surface area contributed by atoms with Crippen LogP contribution < -0.4 is 5.73 Å². The van der Waals surface area contributed by atoms with E-state index in [4.69, 9.17) is 5.73 Å². The highest BCUT2D eigenvalue weighted by atomic mass is 32.2. The number of hydrogen-bond acceptors (Lipinski definition) is 2. The third-order valence-corrected chi connectivity index (χ3v) is 3.91. The molecule has 0 fully saturated rings. The number of nitrogen functional groups attached to an aromatic ring is 1. The third-order valence-electron chi connectivity index (χ3n) is 2.53. The van der Waals surface area contributed by atoms with Gasteiger partial charge in [0.2, 0.25) is 0 Å². The molecule has 1 unspecified atom stereocenters. The zero-order valence-electron chi connectivity index (χ0n) is 9.70. The smallest absolute Gasteiger partial charge is 0.139 e. The van der Waals surface area contributed by atoms with Crippen molar-refractivity contribution in [3.63, 3.8) is 0 Å². The van der Waals surface area contributed by atoms with E-state index in [1.165, 1.54) is 12.1 Å². The molecule has 6 heteroatoms. The first-order chi connectivity index (χ1) is 8.97. The van der Waals surface area contributed by atoms with Crippen molar-refractivity contribution in [1.82, 2.24) is 0 Å². The average Bonchev–Trinajstić information content (AvgIpc) is 2.36. The van der Waals surface area contributed by atoms with Crippen LogP contribution in [0.1, 0.15) is 5.56 Å². The highest BCUT2D eigenvalue weighted by Crippen LogP contribution is 2.21. The van der Waals surface area contributed by atoms with Crippen LogP contribution >= 0.6 is 0 Å². The maximum absolute atomic E-state index is 13.4. The van der Waals surface area contributed by atoms with Crippen molar-refractivity contribution >= 4 is 16.5 Å². The lowest BCUT2D eigenvalue weighted by atomic mass is 10.2. The summed E-state index contributed by atoms with van der Waals surface area (Å²) >= 11 is 0.